The Hall–Kier alpha value is -2.07. The predicted molar refractivity (Wildman–Crippen MR) is 79.7 cm³/mol. The predicted octanol–water partition coefficient (Wildman–Crippen LogP) is 3.84. The van der Waals surface area contributed by atoms with Crippen molar-refractivity contribution in [1.82, 2.24) is 0 Å². The second-order valence-electron chi connectivity index (χ2n) is 4.40. The molecule has 0 radical (unpaired) electrons. The quantitative estimate of drug-likeness (QED) is 0.899. The van der Waals surface area contributed by atoms with E-state index in [-0.39, 0.29) is 17.5 Å². The largest absolute Gasteiger partial charge is 0.376 e. The van der Waals surface area contributed by atoms with Gasteiger partial charge in [0.25, 0.3) is 0 Å². The number of benzene rings is 2. The third kappa shape index (κ3) is 3.96. The lowest BCUT2D eigenvalue weighted by Gasteiger charge is -2.08. The van der Waals surface area contributed by atoms with E-state index in [1.807, 2.05) is 31.2 Å². The van der Waals surface area contributed by atoms with Gasteiger partial charge in [-0.15, -0.1) is 0 Å². The molecule has 0 aliphatic heterocycles. The van der Waals surface area contributed by atoms with Gasteiger partial charge in [0, 0.05) is 11.4 Å². The second-order valence-corrected chi connectivity index (χ2v) is 4.80. The van der Waals surface area contributed by atoms with Crippen molar-refractivity contribution in [3.63, 3.8) is 0 Å². The first-order valence-electron chi connectivity index (χ1n) is 6.10. The molecular weight excluding hydrogens is 279 g/mol. The molecule has 0 bridgehead atoms. The summed E-state index contributed by atoms with van der Waals surface area (Å²) < 4.78 is 13.0. The van der Waals surface area contributed by atoms with Crippen LogP contribution in [-0.4, -0.2) is 12.5 Å². The highest BCUT2D eigenvalue weighted by Gasteiger charge is 2.05. The van der Waals surface area contributed by atoms with Crippen LogP contribution in [0.5, 0.6) is 0 Å². The van der Waals surface area contributed by atoms with Crippen molar-refractivity contribution in [2.45, 2.75) is 6.92 Å². The molecule has 2 rings (SSSR count). The van der Waals surface area contributed by atoms with Gasteiger partial charge in [-0.05, 0) is 37.3 Å². The number of amides is 1. The summed E-state index contributed by atoms with van der Waals surface area (Å²) in [6.45, 7) is 2.12. The van der Waals surface area contributed by atoms with Crippen molar-refractivity contribution in [1.29, 1.82) is 0 Å². The average Bonchev–Trinajstić information content (AvgIpc) is 2.42. The lowest BCUT2D eigenvalue weighted by molar-refractivity contribution is -0.114. The van der Waals surface area contributed by atoms with Gasteiger partial charge in [0.2, 0.25) is 5.91 Å². The Labute approximate surface area is 121 Å². The lowest BCUT2D eigenvalue weighted by Crippen LogP contribution is -2.21. The SMILES string of the molecule is Cc1ccc(NCC(=O)Nc2ccc(F)c(Cl)c2)cc1. The van der Waals surface area contributed by atoms with Crippen LogP contribution in [0.15, 0.2) is 42.5 Å². The first kappa shape index (κ1) is 14.3. The van der Waals surface area contributed by atoms with Gasteiger partial charge in [-0.25, -0.2) is 4.39 Å². The number of carbonyl (C=O) groups excluding carboxylic acids is 1. The third-order valence-corrected chi connectivity index (χ3v) is 3.00. The molecule has 0 fully saturated rings. The van der Waals surface area contributed by atoms with Gasteiger partial charge in [0.1, 0.15) is 5.82 Å². The maximum absolute atomic E-state index is 13.0. The van der Waals surface area contributed by atoms with Crippen molar-refractivity contribution in [3.05, 3.63) is 58.9 Å². The van der Waals surface area contributed by atoms with Crippen molar-refractivity contribution in [2.75, 3.05) is 17.2 Å². The number of anilines is 2. The Kier molecular flexibility index (Phi) is 4.58. The van der Waals surface area contributed by atoms with E-state index in [0.717, 1.165) is 11.3 Å². The minimum absolute atomic E-state index is 0.0192. The summed E-state index contributed by atoms with van der Waals surface area (Å²) in [6.07, 6.45) is 0. The van der Waals surface area contributed by atoms with E-state index < -0.39 is 5.82 Å². The van der Waals surface area contributed by atoms with Crippen LogP contribution >= 0.6 is 11.6 Å². The number of halogens is 2. The first-order chi connectivity index (χ1) is 9.54. The van der Waals surface area contributed by atoms with Gasteiger partial charge < -0.3 is 10.6 Å². The maximum Gasteiger partial charge on any atom is 0.243 e. The molecule has 1 amide bonds. The first-order valence-corrected chi connectivity index (χ1v) is 6.48. The monoisotopic (exact) mass is 292 g/mol. The van der Waals surface area contributed by atoms with Gasteiger partial charge in [-0.1, -0.05) is 29.3 Å². The molecule has 0 spiro atoms. The molecule has 0 saturated heterocycles. The van der Waals surface area contributed by atoms with Crippen molar-refractivity contribution >= 4 is 28.9 Å². The van der Waals surface area contributed by atoms with Crippen molar-refractivity contribution < 1.29 is 9.18 Å². The van der Waals surface area contributed by atoms with Crippen LogP contribution in [0.3, 0.4) is 0 Å². The minimum atomic E-state index is -0.512. The number of rotatable bonds is 4. The molecule has 0 unspecified atom stereocenters. The summed E-state index contributed by atoms with van der Waals surface area (Å²) in [5.41, 5.74) is 2.48. The molecule has 0 aliphatic carbocycles. The number of nitrogens with one attached hydrogen (secondary N) is 2. The minimum Gasteiger partial charge on any atom is -0.376 e. The zero-order chi connectivity index (χ0) is 14.5. The average molecular weight is 293 g/mol. The van der Waals surface area contributed by atoms with Crippen LogP contribution < -0.4 is 10.6 Å². The number of hydrogen-bond acceptors (Lipinski definition) is 2. The summed E-state index contributed by atoms with van der Waals surface area (Å²) in [6, 6.07) is 11.8. The summed E-state index contributed by atoms with van der Waals surface area (Å²) in [4.78, 5) is 11.7. The molecule has 0 aromatic heterocycles. The molecule has 0 heterocycles. The topological polar surface area (TPSA) is 41.1 Å². The van der Waals surface area contributed by atoms with E-state index in [2.05, 4.69) is 10.6 Å². The highest BCUT2D eigenvalue weighted by molar-refractivity contribution is 6.31. The standard InChI is InChI=1S/C15H14ClFN2O/c1-10-2-4-11(5-3-10)18-9-15(20)19-12-6-7-14(17)13(16)8-12/h2-8,18H,9H2,1H3,(H,19,20). The molecule has 2 aromatic carbocycles. The van der Waals surface area contributed by atoms with Crippen LogP contribution in [0.1, 0.15) is 5.56 Å². The van der Waals surface area contributed by atoms with Crippen LogP contribution in [0.2, 0.25) is 5.02 Å². The van der Waals surface area contributed by atoms with Gasteiger partial charge in [0.05, 0.1) is 11.6 Å². The normalized spacial score (nSPS) is 10.2. The fourth-order valence-corrected chi connectivity index (χ4v) is 1.81. The highest BCUT2D eigenvalue weighted by atomic mass is 35.5. The molecule has 0 saturated carbocycles. The zero-order valence-corrected chi connectivity index (χ0v) is 11.7. The van der Waals surface area contributed by atoms with Gasteiger partial charge in [-0.2, -0.15) is 0 Å². The lowest BCUT2D eigenvalue weighted by atomic mass is 10.2. The Bertz CT molecular complexity index is 614. The van der Waals surface area contributed by atoms with E-state index in [1.165, 1.54) is 18.2 Å². The Morgan fingerprint density at radius 2 is 1.80 bits per heavy atom. The number of carbonyl (C=O) groups is 1. The molecule has 20 heavy (non-hydrogen) atoms. The summed E-state index contributed by atoms with van der Waals surface area (Å²) >= 11 is 5.64. The summed E-state index contributed by atoms with van der Waals surface area (Å²) in [5, 5.41) is 5.62. The molecule has 104 valence electrons. The van der Waals surface area contributed by atoms with E-state index in [0.29, 0.717) is 5.69 Å². The fraction of sp³-hybridized carbons (Fsp3) is 0.133. The Morgan fingerprint density at radius 1 is 1.15 bits per heavy atom. The Morgan fingerprint density at radius 3 is 2.45 bits per heavy atom. The zero-order valence-electron chi connectivity index (χ0n) is 10.9. The van der Waals surface area contributed by atoms with Crippen LogP contribution in [-0.2, 0) is 4.79 Å². The number of hydrogen-bond donors (Lipinski definition) is 2. The van der Waals surface area contributed by atoms with Gasteiger partial charge >= 0.3 is 0 Å². The van der Waals surface area contributed by atoms with E-state index in [1.54, 1.807) is 0 Å². The smallest absolute Gasteiger partial charge is 0.243 e. The van der Waals surface area contributed by atoms with Crippen LogP contribution in [0.4, 0.5) is 15.8 Å². The fourth-order valence-electron chi connectivity index (χ4n) is 1.63. The Balaban J connectivity index is 1.89. The summed E-state index contributed by atoms with van der Waals surface area (Å²) in [5.74, 6) is -0.740. The van der Waals surface area contributed by atoms with E-state index in [9.17, 15) is 9.18 Å². The van der Waals surface area contributed by atoms with E-state index >= 15 is 0 Å². The molecule has 3 nitrogen and oxygen atoms in total. The summed E-state index contributed by atoms with van der Waals surface area (Å²) in [7, 11) is 0. The molecule has 0 atom stereocenters. The number of aryl methyl sites for hydroxylation is 1. The van der Waals surface area contributed by atoms with E-state index in [4.69, 9.17) is 11.6 Å². The highest BCUT2D eigenvalue weighted by Crippen LogP contribution is 2.19. The maximum atomic E-state index is 13.0. The van der Waals surface area contributed by atoms with Crippen LogP contribution in [0, 0.1) is 12.7 Å². The van der Waals surface area contributed by atoms with Crippen molar-refractivity contribution in [2.24, 2.45) is 0 Å². The molecule has 5 heteroatoms. The molecule has 2 N–H and O–H groups in total. The van der Waals surface area contributed by atoms with Gasteiger partial charge in [0.15, 0.2) is 0 Å². The van der Waals surface area contributed by atoms with Crippen molar-refractivity contribution in [3.8, 4) is 0 Å². The van der Waals surface area contributed by atoms with Gasteiger partial charge in [-0.3, -0.25) is 4.79 Å². The van der Waals surface area contributed by atoms with Crippen LogP contribution in [0.25, 0.3) is 0 Å². The molecule has 2 aromatic rings. The molecule has 0 aliphatic rings. The third-order valence-electron chi connectivity index (χ3n) is 2.71. The second kappa shape index (κ2) is 6.39. The molecular formula is C15H14ClFN2O.